The van der Waals surface area contributed by atoms with Crippen LogP contribution in [0.3, 0.4) is 0 Å². The van der Waals surface area contributed by atoms with Crippen LogP contribution in [0.15, 0.2) is 0 Å². The third kappa shape index (κ3) is 26.1. The molecule has 0 fully saturated rings. The molecule has 17 heavy (non-hydrogen) atoms. The molecule has 5 heteroatoms. The minimum Gasteiger partial charge on any atom is -0.870 e. The molecule has 4 nitrogen and oxygen atoms in total. The van der Waals surface area contributed by atoms with Gasteiger partial charge >= 0.3 is 25.8 Å². The van der Waals surface area contributed by atoms with E-state index in [1.165, 1.54) is 44.9 Å². The first-order chi connectivity index (χ1) is 6.77. The number of unbranched alkanes of at least 4 members (excludes halogenated alkanes) is 8. The summed E-state index contributed by atoms with van der Waals surface area (Å²) in [5.41, 5.74) is 0. The Morgan fingerprint density at radius 3 is 1.53 bits per heavy atom. The summed E-state index contributed by atoms with van der Waals surface area (Å²) in [6.45, 7) is 2.22. The van der Waals surface area contributed by atoms with Gasteiger partial charge < -0.3 is 20.9 Å². The molecule has 0 aromatic heterocycles. The van der Waals surface area contributed by atoms with Crippen molar-refractivity contribution in [2.45, 2.75) is 71.1 Å². The number of hydrogen-bond acceptors (Lipinski definition) is 4. The monoisotopic (exact) mass is 348 g/mol. The van der Waals surface area contributed by atoms with Gasteiger partial charge in [-0.15, -0.1) is 0 Å². The van der Waals surface area contributed by atoms with Gasteiger partial charge in [0.25, 0.3) is 0 Å². The first-order valence-corrected chi connectivity index (χ1v) is 5.97. The molecule has 0 aromatic carbocycles. The molecule has 0 spiro atoms. The van der Waals surface area contributed by atoms with Crippen molar-refractivity contribution in [1.82, 2.24) is 0 Å². The first kappa shape index (κ1) is 26.0. The number of hydrogen-bond donors (Lipinski definition) is 0. The predicted octanol–water partition coefficient (Wildman–Crippen LogP) is 1.92. The van der Waals surface area contributed by atoms with Gasteiger partial charge in [-0.1, -0.05) is 58.3 Å². The van der Waals surface area contributed by atoms with Gasteiger partial charge in [-0.2, -0.15) is 0 Å². The van der Waals surface area contributed by atoms with Crippen LogP contribution < -0.4 is 5.11 Å². The van der Waals surface area contributed by atoms with Crippen LogP contribution in [0.4, 0.5) is 0 Å². The molecule has 0 saturated carbocycles. The second-order valence-electron chi connectivity index (χ2n) is 3.95. The molecule has 0 heterocycles. The fourth-order valence-electron chi connectivity index (χ4n) is 1.58. The van der Waals surface area contributed by atoms with Gasteiger partial charge in [0, 0.05) is 5.97 Å². The number of aliphatic carboxylic acids is 1. The Bertz CT molecular complexity index is 142. The molecule has 0 rings (SSSR count). The summed E-state index contributed by atoms with van der Waals surface area (Å²) in [5, 5.41) is 10.1. The molecule has 0 aliphatic carbocycles. The van der Waals surface area contributed by atoms with Crippen molar-refractivity contribution in [3.63, 3.8) is 0 Å². The molecule has 0 atom stereocenters. The quantitative estimate of drug-likeness (QED) is 0.563. The largest absolute Gasteiger partial charge is 3.00 e. The summed E-state index contributed by atoms with van der Waals surface area (Å²) >= 11 is 0. The number of carboxylic acids is 1. The maximum atomic E-state index is 10.1. The SMILES string of the molecule is CCCCCCCCCCCC(=O)[O-].[In+3].[OH-].[OH-]. The molecule has 2 N–H and O–H groups in total. The minimum atomic E-state index is -0.909. The molecule has 0 bridgehead atoms. The van der Waals surface area contributed by atoms with Crippen molar-refractivity contribution < 1.29 is 20.9 Å². The van der Waals surface area contributed by atoms with E-state index in [1.807, 2.05) is 0 Å². The number of rotatable bonds is 10. The summed E-state index contributed by atoms with van der Waals surface area (Å²) in [5.74, 6) is -0.909. The molecule has 0 amide bonds. The number of carbonyl (C=O) groups excluding carboxylic acids is 1. The molecule has 0 unspecified atom stereocenters. The van der Waals surface area contributed by atoms with E-state index in [0.717, 1.165) is 12.8 Å². The van der Waals surface area contributed by atoms with Crippen LogP contribution in [0, 0.1) is 0 Å². The molecule has 0 saturated heterocycles. The molecule has 100 valence electrons. The van der Waals surface area contributed by atoms with E-state index in [2.05, 4.69) is 6.92 Å². The Morgan fingerprint density at radius 1 is 0.824 bits per heavy atom. The zero-order valence-corrected chi connectivity index (χ0v) is 14.2. The Morgan fingerprint density at radius 2 is 1.18 bits per heavy atom. The molecule has 0 aliphatic heterocycles. The van der Waals surface area contributed by atoms with Crippen LogP contribution in [0.2, 0.25) is 0 Å². The molecular formula is C12H25InO4. The van der Waals surface area contributed by atoms with E-state index in [1.54, 1.807) is 0 Å². The van der Waals surface area contributed by atoms with Crippen molar-refractivity contribution in [3.05, 3.63) is 0 Å². The molecule has 0 aliphatic rings. The van der Waals surface area contributed by atoms with Crippen LogP contribution in [0.25, 0.3) is 0 Å². The second kappa shape index (κ2) is 21.5. The summed E-state index contributed by atoms with van der Waals surface area (Å²) < 4.78 is 0. The molecule has 0 aromatic rings. The van der Waals surface area contributed by atoms with Crippen LogP contribution in [-0.4, -0.2) is 42.8 Å². The van der Waals surface area contributed by atoms with Crippen molar-refractivity contribution in [2.75, 3.05) is 0 Å². The second-order valence-corrected chi connectivity index (χ2v) is 3.95. The Kier molecular flexibility index (Phi) is 32.9. The van der Waals surface area contributed by atoms with Crippen molar-refractivity contribution >= 4 is 31.8 Å². The summed E-state index contributed by atoms with van der Waals surface area (Å²) in [4.78, 5) is 10.1. The van der Waals surface area contributed by atoms with E-state index < -0.39 is 5.97 Å². The van der Waals surface area contributed by atoms with Gasteiger partial charge in [-0.25, -0.2) is 0 Å². The zero-order valence-electron chi connectivity index (χ0n) is 10.9. The first-order valence-electron chi connectivity index (χ1n) is 5.97. The van der Waals surface area contributed by atoms with Crippen LogP contribution in [0.1, 0.15) is 71.1 Å². The smallest absolute Gasteiger partial charge is 0.870 e. The van der Waals surface area contributed by atoms with Crippen molar-refractivity contribution in [1.29, 1.82) is 0 Å². The van der Waals surface area contributed by atoms with E-state index >= 15 is 0 Å². The summed E-state index contributed by atoms with van der Waals surface area (Å²) in [6.07, 6.45) is 11.2. The van der Waals surface area contributed by atoms with E-state index in [0.29, 0.717) is 0 Å². The van der Waals surface area contributed by atoms with E-state index in [9.17, 15) is 9.90 Å². The van der Waals surface area contributed by atoms with Gasteiger partial charge in [-0.05, 0) is 12.8 Å². The third-order valence-corrected chi connectivity index (χ3v) is 2.48. The topological polar surface area (TPSA) is 100 Å². The predicted molar refractivity (Wildman–Crippen MR) is 66.5 cm³/mol. The fraction of sp³-hybridized carbons (Fsp3) is 0.917. The Hall–Kier alpha value is 0.260. The molecule has 0 radical (unpaired) electrons. The zero-order chi connectivity index (χ0) is 10.6. The Balaban J connectivity index is -0.000000282. The van der Waals surface area contributed by atoms with Crippen LogP contribution >= 0.6 is 0 Å². The standard InChI is InChI=1S/C12H24O2.In.2H2O/c1-2-3-4-5-6-7-8-9-10-11-12(13)14;;;/h2-11H2,1H3,(H,13,14);;2*1H2/q;+3;;/p-3. The Labute approximate surface area is 124 Å². The van der Waals surface area contributed by atoms with Gasteiger partial charge in [0.1, 0.15) is 0 Å². The van der Waals surface area contributed by atoms with Gasteiger partial charge in [0.15, 0.2) is 0 Å². The third-order valence-electron chi connectivity index (χ3n) is 2.48. The van der Waals surface area contributed by atoms with Crippen molar-refractivity contribution in [2.24, 2.45) is 0 Å². The summed E-state index contributed by atoms with van der Waals surface area (Å²) in [6, 6.07) is 0. The fourth-order valence-corrected chi connectivity index (χ4v) is 1.58. The molecular weight excluding hydrogens is 323 g/mol. The minimum absolute atomic E-state index is 0. The van der Waals surface area contributed by atoms with Crippen molar-refractivity contribution in [3.8, 4) is 0 Å². The van der Waals surface area contributed by atoms with E-state index in [4.69, 9.17) is 0 Å². The van der Waals surface area contributed by atoms with Gasteiger partial charge in [0.05, 0.1) is 0 Å². The maximum Gasteiger partial charge on any atom is 3.00 e. The summed E-state index contributed by atoms with van der Waals surface area (Å²) in [7, 11) is 0. The average Bonchev–Trinajstić information content (AvgIpc) is 2.15. The van der Waals surface area contributed by atoms with Gasteiger partial charge in [-0.3, -0.25) is 0 Å². The average molecular weight is 348 g/mol. The van der Waals surface area contributed by atoms with Gasteiger partial charge in [0.2, 0.25) is 0 Å². The normalized spacial score (nSPS) is 8.53. The van der Waals surface area contributed by atoms with Crippen LogP contribution in [0.5, 0.6) is 0 Å². The van der Waals surface area contributed by atoms with E-state index in [-0.39, 0.29) is 43.2 Å². The van der Waals surface area contributed by atoms with Crippen LogP contribution in [-0.2, 0) is 4.79 Å². The number of carbonyl (C=O) groups is 1. The number of carboxylic acid groups (broad SMARTS) is 1. The maximum absolute atomic E-state index is 10.1.